The first kappa shape index (κ1) is 11.1. The summed E-state index contributed by atoms with van der Waals surface area (Å²) in [4.78, 5) is 1.37. The van der Waals surface area contributed by atoms with E-state index in [-0.39, 0.29) is 0 Å². The molecule has 0 amide bonds. The highest BCUT2D eigenvalue weighted by atomic mass is 32.1. The van der Waals surface area contributed by atoms with E-state index in [1.54, 1.807) is 11.3 Å². The summed E-state index contributed by atoms with van der Waals surface area (Å²) < 4.78 is 10.9. The van der Waals surface area contributed by atoms with Crippen LogP contribution in [0.5, 0.6) is 0 Å². The molecular formula is C11H17NO2S. The Hall–Kier alpha value is -0.420. The minimum Gasteiger partial charge on any atom is -0.379 e. The van der Waals surface area contributed by atoms with Gasteiger partial charge in [0.15, 0.2) is 0 Å². The van der Waals surface area contributed by atoms with Crippen LogP contribution in [0.2, 0.25) is 0 Å². The van der Waals surface area contributed by atoms with Crippen LogP contribution in [-0.2, 0) is 16.0 Å². The maximum absolute atomic E-state index is 5.64. The smallest absolute Gasteiger partial charge is 0.0831 e. The molecular weight excluding hydrogens is 210 g/mol. The fraction of sp³-hybridized carbons (Fsp3) is 0.636. The largest absolute Gasteiger partial charge is 0.379 e. The fourth-order valence-electron chi connectivity index (χ4n) is 1.57. The van der Waals surface area contributed by atoms with E-state index in [0.717, 1.165) is 39.3 Å². The van der Waals surface area contributed by atoms with Gasteiger partial charge < -0.3 is 14.8 Å². The third-order valence-corrected chi connectivity index (χ3v) is 3.28. The van der Waals surface area contributed by atoms with Crippen molar-refractivity contribution in [3.8, 4) is 0 Å². The average molecular weight is 227 g/mol. The van der Waals surface area contributed by atoms with Crippen LogP contribution in [0.1, 0.15) is 11.3 Å². The van der Waals surface area contributed by atoms with Crippen LogP contribution >= 0.6 is 11.3 Å². The molecule has 0 aliphatic carbocycles. The van der Waals surface area contributed by atoms with E-state index >= 15 is 0 Å². The van der Waals surface area contributed by atoms with E-state index in [0.29, 0.717) is 6.10 Å². The molecule has 1 N–H and O–H groups in total. The summed E-state index contributed by atoms with van der Waals surface area (Å²) in [5.74, 6) is 0. The van der Waals surface area contributed by atoms with Gasteiger partial charge in [-0.2, -0.15) is 0 Å². The molecule has 4 heteroatoms. The predicted octanol–water partition coefficient (Wildman–Crippen LogP) is 1.64. The fourth-order valence-corrected chi connectivity index (χ4v) is 2.24. The van der Waals surface area contributed by atoms with Crippen LogP contribution in [0.25, 0.3) is 0 Å². The second kappa shape index (κ2) is 6.23. The van der Waals surface area contributed by atoms with Crippen LogP contribution in [0.15, 0.2) is 17.5 Å². The molecule has 1 aliphatic heterocycles. The van der Waals surface area contributed by atoms with Crippen molar-refractivity contribution in [3.63, 3.8) is 0 Å². The molecule has 84 valence electrons. The molecule has 15 heavy (non-hydrogen) atoms. The average Bonchev–Trinajstić information content (AvgIpc) is 2.88. The van der Waals surface area contributed by atoms with Gasteiger partial charge in [0.05, 0.1) is 19.3 Å². The Balaban J connectivity index is 1.48. The van der Waals surface area contributed by atoms with E-state index < -0.39 is 0 Å². The molecule has 0 saturated carbocycles. The summed E-state index contributed by atoms with van der Waals surface area (Å²) in [6.07, 6.45) is 1.37. The van der Waals surface area contributed by atoms with Crippen LogP contribution < -0.4 is 5.32 Å². The molecule has 1 atom stereocenters. The van der Waals surface area contributed by atoms with Gasteiger partial charge in [-0.1, -0.05) is 6.07 Å². The molecule has 1 aliphatic rings. The van der Waals surface area contributed by atoms with Crippen molar-refractivity contribution in [2.75, 3.05) is 26.4 Å². The zero-order chi connectivity index (χ0) is 10.3. The number of rotatable bonds is 6. The SMILES string of the molecule is c1csc(CNCCOC2CCOC2)c1. The number of ether oxygens (including phenoxy) is 2. The normalized spacial score (nSPS) is 20.9. The minimum atomic E-state index is 0.327. The summed E-state index contributed by atoms with van der Waals surface area (Å²) >= 11 is 1.78. The monoisotopic (exact) mass is 227 g/mol. The summed E-state index contributed by atoms with van der Waals surface area (Å²) in [6, 6.07) is 4.22. The van der Waals surface area contributed by atoms with Gasteiger partial charge >= 0.3 is 0 Å². The maximum atomic E-state index is 5.64. The Morgan fingerprint density at radius 3 is 3.33 bits per heavy atom. The standard InChI is InChI=1S/C11H17NO2S/c1-2-11(15-7-1)8-12-4-6-14-10-3-5-13-9-10/h1-2,7,10,12H,3-6,8-9H2. The van der Waals surface area contributed by atoms with Gasteiger partial charge in [0.2, 0.25) is 0 Å². The van der Waals surface area contributed by atoms with Crippen LogP contribution in [0.3, 0.4) is 0 Å². The van der Waals surface area contributed by atoms with Gasteiger partial charge in [-0.05, 0) is 17.9 Å². The lowest BCUT2D eigenvalue weighted by molar-refractivity contribution is 0.0444. The lowest BCUT2D eigenvalue weighted by atomic mass is 10.3. The van der Waals surface area contributed by atoms with Crippen molar-refractivity contribution < 1.29 is 9.47 Å². The van der Waals surface area contributed by atoms with Crippen molar-refractivity contribution >= 4 is 11.3 Å². The van der Waals surface area contributed by atoms with Gasteiger partial charge in [0.1, 0.15) is 0 Å². The van der Waals surface area contributed by atoms with Gasteiger partial charge in [-0.25, -0.2) is 0 Å². The van der Waals surface area contributed by atoms with E-state index in [2.05, 4.69) is 22.8 Å². The van der Waals surface area contributed by atoms with Crippen molar-refractivity contribution in [1.82, 2.24) is 5.32 Å². The first-order valence-electron chi connectivity index (χ1n) is 5.37. The summed E-state index contributed by atoms with van der Waals surface area (Å²) in [6.45, 7) is 4.26. The lowest BCUT2D eigenvalue weighted by Gasteiger charge is -2.09. The highest BCUT2D eigenvalue weighted by Crippen LogP contribution is 2.08. The van der Waals surface area contributed by atoms with Crippen molar-refractivity contribution in [1.29, 1.82) is 0 Å². The van der Waals surface area contributed by atoms with Crippen molar-refractivity contribution in [3.05, 3.63) is 22.4 Å². The Kier molecular flexibility index (Phi) is 4.60. The van der Waals surface area contributed by atoms with Gasteiger partial charge in [-0.3, -0.25) is 0 Å². The van der Waals surface area contributed by atoms with Gasteiger partial charge in [0.25, 0.3) is 0 Å². The van der Waals surface area contributed by atoms with E-state index in [4.69, 9.17) is 9.47 Å². The highest BCUT2D eigenvalue weighted by Gasteiger charge is 2.14. The van der Waals surface area contributed by atoms with E-state index in [1.807, 2.05) is 0 Å². The third-order valence-electron chi connectivity index (χ3n) is 2.40. The van der Waals surface area contributed by atoms with E-state index in [9.17, 15) is 0 Å². The lowest BCUT2D eigenvalue weighted by Crippen LogP contribution is -2.22. The second-order valence-electron chi connectivity index (χ2n) is 3.61. The topological polar surface area (TPSA) is 30.5 Å². The Morgan fingerprint density at radius 2 is 2.60 bits per heavy atom. The summed E-state index contributed by atoms with van der Waals surface area (Å²) in [5, 5.41) is 5.46. The molecule has 3 nitrogen and oxygen atoms in total. The number of thiophene rings is 1. The zero-order valence-electron chi connectivity index (χ0n) is 8.78. The molecule has 0 spiro atoms. The molecule has 2 heterocycles. The third kappa shape index (κ3) is 3.91. The van der Waals surface area contributed by atoms with Crippen LogP contribution in [-0.4, -0.2) is 32.5 Å². The van der Waals surface area contributed by atoms with Crippen molar-refractivity contribution in [2.45, 2.75) is 19.1 Å². The first-order valence-corrected chi connectivity index (χ1v) is 6.25. The zero-order valence-corrected chi connectivity index (χ0v) is 9.59. The van der Waals surface area contributed by atoms with Crippen molar-refractivity contribution in [2.24, 2.45) is 0 Å². The van der Waals surface area contributed by atoms with Crippen LogP contribution in [0, 0.1) is 0 Å². The molecule has 1 aromatic rings. The number of hydrogen-bond donors (Lipinski definition) is 1. The molecule has 0 bridgehead atoms. The Bertz CT molecular complexity index is 258. The summed E-state index contributed by atoms with van der Waals surface area (Å²) in [5.41, 5.74) is 0. The van der Waals surface area contributed by atoms with E-state index in [1.165, 1.54) is 4.88 Å². The number of hydrogen-bond acceptors (Lipinski definition) is 4. The molecule has 0 aromatic carbocycles. The molecule has 1 aromatic heterocycles. The van der Waals surface area contributed by atoms with Gasteiger partial charge in [0, 0.05) is 24.6 Å². The van der Waals surface area contributed by atoms with Gasteiger partial charge in [-0.15, -0.1) is 11.3 Å². The quantitative estimate of drug-likeness (QED) is 0.750. The first-order chi connectivity index (χ1) is 7.45. The molecule has 1 saturated heterocycles. The maximum Gasteiger partial charge on any atom is 0.0831 e. The summed E-state index contributed by atoms with van der Waals surface area (Å²) in [7, 11) is 0. The second-order valence-corrected chi connectivity index (χ2v) is 4.64. The molecule has 1 unspecified atom stereocenters. The molecule has 0 radical (unpaired) electrons. The predicted molar refractivity (Wildman–Crippen MR) is 61.2 cm³/mol. The highest BCUT2D eigenvalue weighted by molar-refractivity contribution is 7.09. The minimum absolute atomic E-state index is 0.327. The molecule has 1 fully saturated rings. The van der Waals surface area contributed by atoms with Crippen LogP contribution in [0.4, 0.5) is 0 Å². The Morgan fingerprint density at radius 1 is 1.60 bits per heavy atom. The Labute approximate surface area is 94.4 Å². The molecule has 2 rings (SSSR count). The number of nitrogens with one attached hydrogen (secondary N) is 1.